The van der Waals surface area contributed by atoms with Gasteiger partial charge in [0.25, 0.3) is 17.0 Å². The number of aromatic amines is 2. The molecule has 3 aromatic heterocycles. The molecule has 0 radical (unpaired) electrons. The van der Waals surface area contributed by atoms with Crippen molar-refractivity contribution in [2.24, 2.45) is 0 Å². The van der Waals surface area contributed by atoms with Gasteiger partial charge in [-0.2, -0.15) is 0 Å². The summed E-state index contributed by atoms with van der Waals surface area (Å²) in [5.41, 5.74) is 4.41. The van der Waals surface area contributed by atoms with Gasteiger partial charge in [-0.1, -0.05) is 44.2 Å². The van der Waals surface area contributed by atoms with Crippen LogP contribution in [0.4, 0.5) is 0 Å². The number of nitrogens with one attached hydrogen (secondary N) is 2. The minimum absolute atomic E-state index is 0.0636. The molecule has 0 spiro atoms. The number of hydrogen-bond acceptors (Lipinski definition) is 4. The Hall–Kier alpha value is -3.94. The molecule has 4 heterocycles. The van der Waals surface area contributed by atoms with Gasteiger partial charge in [0.15, 0.2) is 5.65 Å². The second-order valence-electron chi connectivity index (χ2n) is 8.45. The van der Waals surface area contributed by atoms with E-state index in [1.807, 2.05) is 51.1 Å². The van der Waals surface area contributed by atoms with E-state index in [-0.39, 0.29) is 30.1 Å². The van der Waals surface area contributed by atoms with E-state index >= 15 is 0 Å². The Morgan fingerprint density at radius 2 is 1.81 bits per heavy atom. The van der Waals surface area contributed by atoms with Gasteiger partial charge in [-0.15, -0.1) is 0 Å². The fourth-order valence-corrected chi connectivity index (χ4v) is 4.24. The predicted molar refractivity (Wildman–Crippen MR) is 121 cm³/mol. The van der Waals surface area contributed by atoms with Crippen LogP contribution >= 0.6 is 0 Å². The fraction of sp³-hybridized carbons (Fsp3) is 0.250. The number of carbonyl (C=O) groups is 1. The van der Waals surface area contributed by atoms with Crippen molar-refractivity contribution in [3.8, 4) is 11.1 Å². The van der Waals surface area contributed by atoms with E-state index in [0.29, 0.717) is 16.9 Å². The molecule has 32 heavy (non-hydrogen) atoms. The number of carbonyl (C=O) groups excluding carboxylic acids is 1. The molecule has 162 valence electrons. The highest BCUT2D eigenvalue weighted by atomic mass is 16.2. The molecule has 1 aliphatic rings. The van der Waals surface area contributed by atoms with Crippen molar-refractivity contribution < 1.29 is 4.79 Å². The van der Waals surface area contributed by atoms with Crippen LogP contribution in [0.1, 0.15) is 52.8 Å². The third-order valence-corrected chi connectivity index (χ3v) is 5.96. The Labute approximate surface area is 183 Å². The van der Waals surface area contributed by atoms with Crippen molar-refractivity contribution in [1.82, 2.24) is 24.5 Å². The molecule has 8 nitrogen and oxygen atoms in total. The van der Waals surface area contributed by atoms with Gasteiger partial charge in [0.2, 0.25) is 0 Å². The van der Waals surface area contributed by atoms with Gasteiger partial charge in [-0.3, -0.25) is 19.5 Å². The van der Waals surface area contributed by atoms with Crippen LogP contribution in [0.25, 0.3) is 16.8 Å². The number of aryl methyl sites for hydroxylation is 1. The molecular formula is C24H23N5O3. The number of benzene rings is 1. The number of pyridine rings is 1. The smallest absolute Gasteiger partial charge is 0.278 e. The molecule has 8 heteroatoms. The first-order valence-corrected chi connectivity index (χ1v) is 10.6. The van der Waals surface area contributed by atoms with Gasteiger partial charge in [-0.25, -0.2) is 9.50 Å². The van der Waals surface area contributed by atoms with Crippen LogP contribution in [0, 0.1) is 6.92 Å². The SMILES string of the molecule is Cc1[nH]n2c(=O)c3c(nc2c1-c1ccccc1)CN(C(=O)c1ccc(C(C)C)[nH]c1=O)C3. The minimum Gasteiger partial charge on any atom is -0.328 e. The molecule has 1 amide bonds. The summed E-state index contributed by atoms with van der Waals surface area (Å²) >= 11 is 0. The lowest BCUT2D eigenvalue weighted by Gasteiger charge is -2.15. The van der Waals surface area contributed by atoms with Crippen LogP contribution in [0.3, 0.4) is 0 Å². The predicted octanol–water partition coefficient (Wildman–Crippen LogP) is 2.97. The molecule has 0 unspecified atom stereocenters. The summed E-state index contributed by atoms with van der Waals surface area (Å²) in [4.78, 5) is 47.8. The van der Waals surface area contributed by atoms with Crippen molar-refractivity contribution in [3.05, 3.63) is 91.4 Å². The number of aromatic nitrogens is 4. The number of H-pyrrole nitrogens is 2. The number of rotatable bonds is 3. The number of fused-ring (bicyclic) bond motifs is 2. The third-order valence-electron chi connectivity index (χ3n) is 5.96. The van der Waals surface area contributed by atoms with Gasteiger partial charge in [0.1, 0.15) is 5.56 Å². The topological polar surface area (TPSA) is 103 Å². The van der Waals surface area contributed by atoms with Gasteiger partial charge < -0.3 is 9.88 Å². The normalized spacial score (nSPS) is 13.2. The first-order valence-electron chi connectivity index (χ1n) is 10.6. The number of amides is 1. The number of nitrogens with zero attached hydrogens (tertiary/aromatic N) is 3. The molecule has 1 aromatic carbocycles. The van der Waals surface area contributed by atoms with E-state index < -0.39 is 11.5 Å². The molecule has 1 aliphatic heterocycles. The Morgan fingerprint density at radius 3 is 2.50 bits per heavy atom. The summed E-state index contributed by atoms with van der Waals surface area (Å²) in [5.74, 6) is -0.260. The van der Waals surface area contributed by atoms with Crippen molar-refractivity contribution in [1.29, 1.82) is 0 Å². The van der Waals surface area contributed by atoms with Crippen molar-refractivity contribution in [2.45, 2.75) is 39.8 Å². The van der Waals surface area contributed by atoms with Crippen molar-refractivity contribution in [3.63, 3.8) is 0 Å². The van der Waals surface area contributed by atoms with Crippen molar-refractivity contribution in [2.75, 3.05) is 0 Å². The van der Waals surface area contributed by atoms with Gasteiger partial charge in [0.05, 0.1) is 24.3 Å². The summed E-state index contributed by atoms with van der Waals surface area (Å²) in [7, 11) is 0. The maximum Gasteiger partial charge on any atom is 0.278 e. The monoisotopic (exact) mass is 429 g/mol. The Balaban J connectivity index is 1.54. The zero-order valence-corrected chi connectivity index (χ0v) is 18.1. The highest BCUT2D eigenvalue weighted by Crippen LogP contribution is 2.28. The zero-order chi connectivity index (χ0) is 22.6. The molecule has 4 aromatic rings. The summed E-state index contributed by atoms with van der Waals surface area (Å²) < 4.78 is 1.44. The molecule has 0 fully saturated rings. The van der Waals surface area contributed by atoms with Crippen LogP contribution in [0.5, 0.6) is 0 Å². The second kappa shape index (κ2) is 7.33. The molecule has 5 rings (SSSR count). The number of hydrogen-bond donors (Lipinski definition) is 2. The maximum atomic E-state index is 13.2. The fourth-order valence-electron chi connectivity index (χ4n) is 4.24. The molecule has 0 saturated heterocycles. The summed E-state index contributed by atoms with van der Waals surface area (Å²) in [6, 6.07) is 13.1. The zero-order valence-electron chi connectivity index (χ0n) is 18.1. The molecule has 0 aliphatic carbocycles. The van der Waals surface area contributed by atoms with E-state index in [4.69, 9.17) is 4.98 Å². The lowest BCUT2D eigenvalue weighted by atomic mass is 10.1. The highest BCUT2D eigenvalue weighted by molar-refractivity contribution is 5.94. The summed E-state index contributed by atoms with van der Waals surface area (Å²) in [5, 5.41) is 3.11. The highest BCUT2D eigenvalue weighted by Gasteiger charge is 2.31. The second-order valence-corrected chi connectivity index (χ2v) is 8.45. The average molecular weight is 429 g/mol. The van der Waals surface area contributed by atoms with Gasteiger partial charge >= 0.3 is 0 Å². The van der Waals surface area contributed by atoms with Crippen LogP contribution in [-0.2, 0) is 13.1 Å². The van der Waals surface area contributed by atoms with E-state index in [2.05, 4.69) is 10.1 Å². The van der Waals surface area contributed by atoms with Crippen LogP contribution < -0.4 is 11.1 Å². The Kier molecular flexibility index (Phi) is 4.58. The molecule has 0 bridgehead atoms. The average Bonchev–Trinajstić information content (AvgIpc) is 3.35. The first-order chi connectivity index (χ1) is 15.3. The Morgan fingerprint density at radius 1 is 1.06 bits per heavy atom. The van der Waals surface area contributed by atoms with E-state index in [1.54, 1.807) is 12.1 Å². The maximum absolute atomic E-state index is 13.2. The molecular weight excluding hydrogens is 406 g/mol. The van der Waals surface area contributed by atoms with Crippen molar-refractivity contribution >= 4 is 11.6 Å². The molecule has 0 saturated carbocycles. The molecule has 0 atom stereocenters. The van der Waals surface area contributed by atoms with Gasteiger partial charge in [-0.05, 0) is 30.5 Å². The minimum atomic E-state index is -0.420. The lowest BCUT2D eigenvalue weighted by molar-refractivity contribution is 0.0748. The summed E-state index contributed by atoms with van der Waals surface area (Å²) in [6.45, 7) is 6.15. The van der Waals surface area contributed by atoms with Gasteiger partial charge in [0, 0.05) is 17.0 Å². The van der Waals surface area contributed by atoms with Crippen LogP contribution in [0.2, 0.25) is 0 Å². The largest absolute Gasteiger partial charge is 0.328 e. The van der Waals surface area contributed by atoms with E-state index in [0.717, 1.165) is 22.5 Å². The van der Waals surface area contributed by atoms with E-state index in [1.165, 1.54) is 9.42 Å². The summed E-state index contributed by atoms with van der Waals surface area (Å²) in [6.07, 6.45) is 0. The molecule has 2 N–H and O–H groups in total. The van der Waals surface area contributed by atoms with Crippen LogP contribution in [0.15, 0.2) is 52.1 Å². The standard InChI is InChI=1S/C24H23N5O3/c1-13(2)18-10-9-16(22(30)26-18)23(31)28-11-17-19(12-28)25-21-20(15-7-5-4-6-8-15)14(3)27-29(21)24(17)32/h4-10,13,27H,11-12H2,1-3H3,(H,26,30). The Bertz CT molecular complexity index is 1480. The van der Waals surface area contributed by atoms with Crippen LogP contribution in [-0.4, -0.2) is 30.4 Å². The quantitative estimate of drug-likeness (QED) is 0.523. The third kappa shape index (κ3) is 3.07. The lowest BCUT2D eigenvalue weighted by Crippen LogP contribution is -2.31. The first kappa shape index (κ1) is 20.0. The van der Waals surface area contributed by atoms with E-state index in [9.17, 15) is 14.4 Å².